The number of nitrogens with zero attached hydrogens (tertiary/aromatic N) is 1. The number of nitrogens with one attached hydrogen (secondary N) is 1. The second kappa shape index (κ2) is 12.0. The van der Waals surface area contributed by atoms with Gasteiger partial charge in [-0.3, -0.25) is 9.59 Å². The summed E-state index contributed by atoms with van der Waals surface area (Å²) >= 11 is 0. The first-order valence-electron chi connectivity index (χ1n) is 14.0. The maximum absolute atomic E-state index is 14.7. The van der Waals surface area contributed by atoms with E-state index in [9.17, 15) is 19.1 Å². The number of carbonyl (C=O) groups is 2. The molecule has 202 valence electrons. The lowest BCUT2D eigenvalue weighted by atomic mass is 9.89. The molecule has 1 amide bonds. The van der Waals surface area contributed by atoms with Gasteiger partial charge in [-0.15, -0.1) is 0 Å². The topological polar surface area (TPSA) is 80.6 Å². The summed E-state index contributed by atoms with van der Waals surface area (Å²) in [6.07, 6.45) is 12.4. The van der Waals surface area contributed by atoms with Crippen molar-refractivity contribution in [3.63, 3.8) is 0 Å². The Balaban J connectivity index is 1.29. The minimum atomic E-state index is -0.728. The Hall–Kier alpha value is -3.35. The number of carboxylic acid groups (broad SMARTS) is 1. The van der Waals surface area contributed by atoms with Crippen LogP contribution in [-0.2, 0) is 11.3 Å². The highest BCUT2D eigenvalue weighted by Crippen LogP contribution is 2.28. The number of benzene rings is 2. The van der Waals surface area contributed by atoms with Gasteiger partial charge in [-0.2, -0.15) is 0 Å². The Labute approximate surface area is 223 Å². The SMILES string of the molecule is O=C(NC1CCCC(C(=O)O)CCC1)c1ccc(F)c2ccn(Cc3ccc(OC4CCCCC4)cc3)c12. The molecule has 2 N–H and O–H groups in total. The van der Waals surface area contributed by atoms with Crippen LogP contribution in [0.5, 0.6) is 5.75 Å². The van der Waals surface area contributed by atoms with E-state index in [-0.39, 0.29) is 23.7 Å². The van der Waals surface area contributed by atoms with Crippen molar-refractivity contribution >= 4 is 22.8 Å². The highest BCUT2D eigenvalue weighted by molar-refractivity contribution is 6.06. The van der Waals surface area contributed by atoms with Crippen molar-refractivity contribution < 1.29 is 23.8 Å². The molecule has 0 unspecified atom stereocenters. The zero-order valence-corrected chi connectivity index (χ0v) is 21.8. The number of carboxylic acids is 1. The van der Waals surface area contributed by atoms with Gasteiger partial charge < -0.3 is 19.7 Å². The Morgan fingerprint density at radius 2 is 1.61 bits per heavy atom. The average molecular weight is 521 g/mol. The van der Waals surface area contributed by atoms with E-state index in [1.54, 1.807) is 12.1 Å². The predicted molar refractivity (Wildman–Crippen MR) is 145 cm³/mol. The van der Waals surface area contributed by atoms with Crippen molar-refractivity contribution in [2.24, 2.45) is 5.92 Å². The second-order valence-electron chi connectivity index (χ2n) is 10.9. The molecule has 0 atom stereocenters. The fourth-order valence-corrected chi connectivity index (χ4v) is 6.02. The molecule has 0 spiro atoms. The summed E-state index contributed by atoms with van der Waals surface area (Å²) in [6.45, 7) is 0.511. The van der Waals surface area contributed by atoms with Crippen LogP contribution in [0.1, 0.15) is 86.6 Å². The Kier molecular flexibility index (Phi) is 8.30. The largest absolute Gasteiger partial charge is 0.490 e. The molecule has 5 rings (SSSR count). The summed E-state index contributed by atoms with van der Waals surface area (Å²) in [6, 6.07) is 12.7. The maximum atomic E-state index is 14.7. The molecule has 2 aliphatic carbocycles. The lowest BCUT2D eigenvalue weighted by Crippen LogP contribution is -2.36. The summed E-state index contributed by atoms with van der Waals surface area (Å²) in [5.41, 5.74) is 2.08. The fraction of sp³-hybridized carbons (Fsp3) is 0.484. The Bertz CT molecular complexity index is 1250. The summed E-state index contributed by atoms with van der Waals surface area (Å²) in [5.74, 6) is -0.713. The number of aliphatic carboxylic acids is 1. The van der Waals surface area contributed by atoms with Crippen molar-refractivity contribution in [1.29, 1.82) is 0 Å². The van der Waals surface area contributed by atoms with E-state index in [1.807, 2.05) is 35.0 Å². The number of hydrogen-bond acceptors (Lipinski definition) is 3. The molecule has 7 heteroatoms. The normalized spacial score (nSPS) is 21.0. The molecule has 38 heavy (non-hydrogen) atoms. The number of hydrogen-bond donors (Lipinski definition) is 2. The van der Waals surface area contributed by atoms with Gasteiger partial charge in [0.25, 0.3) is 5.91 Å². The van der Waals surface area contributed by atoms with Crippen LogP contribution in [0.4, 0.5) is 4.39 Å². The van der Waals surface area contributed by atoms with Gasteiger partial charge in [0.2, 0.25) is 0 Å². The van der Waals surface area contributed by atoms with Gasteiger partial charge in [0.1, 0.15) is 11.6 Å². The standard InChI is InChI=1S/C31H37FN2O4/c32-28-17-16-27(30(35)33-23-8-4-6-22(31(36)37)7-5-9-23)29-26(28)18-19-34(29)20-21-12-14-25(15-13-21)38-24-10-2-1-3-11-24/h12-19,22-24H,1-11,20H2,(H,33,35)(H,36,37). The molecule has 3 aromatic rings. The molecule has 1 heterocycles. The zero-order valence-electron chi connectivity index (χ0n) is 21.8. The summed E-state index contributed by atoms with van der Waals surface area (Å²) in [4.78, 5) is 24.7. The first-order valence-corrected chi connectivity index (χ1v) is 14.0. The lowest BCUT2D eigenvalue weighted by Gasteiger charge is -2.24. The van der Waals surface area contributed by atoms with Crippen molar-refractivity contribution in [2.75, 3.05) is 0 Å². The number of ether oxygens (including phenoxy) is 1. The number of amides is 1. The molecule has 1 aromatic heterocycles. The fourth-order valence-electron chi connectivity index (χ4n) is 6.02. The minimum Gasteiger partial charge on any atom is -0.490 e. The van der Waals surface area contributed by atoms with Crippen LogP contribution in [0.3, 0.4) is 0 Å². The number of rotatable bonds is 7. The molecule has 2 aliphatic rings. The molecular weight excluding hydrogens is 483 g/mol. The number of fused-ring (bicyclic) bond motifs is 1. The van der Waals surface area contributed by atoms with E-state index in [0.717, 1.165) is 49.8 Å². The van der Waals surface area contributed by atoms with Crippen molar-refractivity contribution in [2.45, 2.75) is 89.3 Å². The Morgan fingerprint density at radius 3 is 2.29 bits per heavy atom. The van der Waals surface area contributed by atoms with Crippen molar-refractivity contribution in [3.8, 4) is 5.75 Å². The Morgan fingerprint density at radius 1 is 0.895 bits per heavy atom. The van der Waals surface area contributed by atoms with Gasteiger partial charge in [-0.1, -0.05) is 31.4 Å². The van der Waals surface area contributed by atoms with Crippen LogP contribution in [-0.4, -0.2) is 33.7 Å². The molecule has 0 radical (unpaired) electrons. The van der Waals surface area contributed by atoms with E-state index in [4.69, 9.17) is 4.74 Å². The quantitative estimate of drug-likeness (QED) is 0.364. The van der Waals surface area contributed by atoms with Gasteiger partial charge >= 0.3 is 5.97 Å². The van der Waals surface area contributed by atoms with Crippen LogP contribution < -0.4 is 10.1 Å². The first kappa shape index (κ1) is 26.3. The maximum Gasteiger partial charge on any atom is 0.306 e. The monoisotopic (exact) mass is 520 g/mol. The summed E-state index contributed by atoms with van der Waals surface area (Å²) < 4.78 is 22.8. The zero-order chi connectivity index (χ0) is 26.5. The van der Waals surface area contributed by atoms with Crippen LogP contribution in [0.25, 0.3) is 10.9 Å². The average Bonchev–Trinajstić information content (AvgIpc) is 3.32. The lowest BCUT2D eigenvalue weighted by molar-refractivity contribution is -0.142. The van der Waals surface area contributed by atoms with Crippen LogP contribution in [0, 0.1) is 11.7 Å². The van der Waals surface area contributed by atoms with E-state index < -0.39 is 5.97 Å². The van der Waals surface area contributed by atoms with Gasteiger partial charge in [0, 0.05) is 24.2 Å². The first-order chi connectivity index (χ1) is 18.5. The highest BCUT2D eigenvalue weighted by Gasteiger charge is 2.24. The van der Waals surface area contributed by atoms with Gasteiger partial charge in [0.05, 0.1) is 23.1 Å². The van der Waals surface area contributed by atoms with E-state index in [0.29, 0.717) is 42.0 Å². The molecule has 2 aromatic carbocycles. The smallest absolute Gasteiger partial charge is 0.306 e. The van der Waals surface area contributed by atoms with E-state index >= 15 is 0 Å². The third-order valence-corrected chi connectivity index (χ3v) is 8.14. The molecule has 6 nitrogen and oxygen atoms in total. The third kappa shape index (κ3) is 6.20. The number of halogens is 1. The van der Waals surface area contributed by atoms with Crippen LogP contribution >= 0.6 is 0 Å². The van der Waals surface area contributed by atoms with E-state index in [1.165, 1.54) is 25.3 Å². The predicted octanol–water partition coefficient (Wildman–Crippen LogP) is 6.69. The van der Waals surface area contributed by atoms with Crippen LogP contribution in [0.2, 0.25) is 0 Å². The number of carbonyl (C=O) groups excluding carboxylic acids is 1. The highest BCUT2D eigenvalue weighted by atomic mass is 19.1. The van der Waals surface area contributed by atoms with E-state index in [2.05, 4.69) is 5.32 Å². The number of aromatic nitrogens is 1. The van der Waals surface area contributed by atoms with Gasteiger partial charge in [-0.05, 0) is 87.3 Å². The summed E-state index contributed by atoms with van der Waals surface area (Å²) in [7, 11) is 0. The van der Waals surface area contributed by atoms with Crippen LogP contribution in [0.15, 0.2) is 48.7 Å². The van der Waals surface area contributed by atoms with Crippen molar-refractivity contribution in [3.05, 3.63) is 65.6 Å². The van der Waals surface area contributed by atoms with Crippen molar-refractivity contribution in [1.82, 2.24) is 9.88 Å². The van der Waals surface area contributed by atoms with Gasteiger partial charge in [-0.25, -0.2) is 4.39 Å². The van der Waals surface area contributed by atoms with Gasteiger partial charge in [0.15, 0.2) is 0 Å². The molecule has 0 aliphatic heterocycles. The summed E-state index contributed by atoms with van der Waals surface area (Å²) in [5, 5.41) is 12.9. The molecule has 2 fully saturated rings. The molecule has 0 bridgehead atoms. The molecule has 0 saturated heterocycles. The third-order valence-electron chi connectivity index (χ3n) is 8.14. The minimum absolute atomic E-state index is 0.0162. The second-order valence-corrected chi connectivity index (χ2v) is 10.9. The molecular formula is C31H37FN2O4. The molecule has 2 saturated carbocycles.